The molecule has 3 saturated heterocycles. The number of aromatic nitrogens is 1. The topological polar surface area (TPSA) is 560 Å². The van der Waals surface area contributed by atoms with Crippen LogP contribution in [0.5, 0.6) is 5.75 Å². The zero-order chi connectivity index (χ0) is 99.5. The number of phenols is 1. The second-order valence-electron chi connectivity index (χ2n) is 34.3. The Morgan fingerprint density at radius 2 is 1.02 bits per heavy atom. The van der Waals surface area contributed by atoms with E-state index in [-0.39, 0.29) is 87.8 Å². The van der Waals surface area contributed by atoms with Crippen LogP contribution in [0.3, 0.4) is 0 Å². The third-order valence-corrected chi connectivity index (χ3v) is 25.0. The highest BCUT2D eigenvalue weighted by molar-refractivity contribution is 8.00. The van der Waals surface area contributed by atoms with E-state index in [0.717, 1.165) is 43.7 Å². The molecule has 17 N–H and O–H groups in total. The number of fused-ring (bicyclic) bond motifs is 3. The van der Waals surface area contributed by atoms with E-state index in [2.05, 4.69) is 52.8 Å². The number of nitrogens with zero attached hydrogens (tertiary/aromatic N) is 5. The van der Waals surface area contributed by atoms with E-state index >= 15 is 51.9 Å². The van der Waals surface area contributed by atoms with Gasteiger partial charge in [-0.3, -0.25) is 86.3 Å². The molecule has 43 heteroatoms. The van der Waals surface area contributed by atoms with Crippen molar-refractivity contribution in [3.63, 3.8) is 0 Å². The molecule has 16 amide bonds. The summed E-state index contributed by atoms with van der Waals surface area (Å²) in [6.07, 6.45) is -3.71. The number of para-hydroxylation sites is 1. The molecule has 6 aromatic rings. The number of carboxylic acid groups (broad SMARTS) is 2. The van der Waals surface area contributed by atoms with Crippen LogP contribution in [0.4, 0.5) is 17.6 Å². The Bertz CT molecular complexity index is 5350. The summed E-state index contributed by atoms with van der Waals surface area (Å²) in [6.45, 7) is 3.57. The summed E-state index contributed by atoms with van der Waals surface area (Å²) in [6, 6.07) is 3.45. The highest BCUT2D eigenvalue weighted by Crippen LogP contribution is 2.29. The van der Waals surface area contributed by atoms with Crippen molar-refractivity contribution in [3.05, 3.63) is 173 Å². The lowest BCUT2D eigenvalue weighted by Crippen LogP contribution is -2.63. The van der Waals surface area contributed by atoms with Crippen molar-refractivity contribution < 1.29 is 119 Å². The number of phenolic OH excluding ortho intramolecular Hbond substituents is 1. The molecule has 4 heterocycles. The number of thioether (sulfide) groups is 1. The lowest BCUT2D eigenvalue weighted by atomic mass is 9.97. The van der Waals surface area contributed by atoms with Crippen molar-refractivity contribution in [2.75, 3.05) is 52.3 Å². The first-order chi connectivity index (χ1) is 64.6. The second-order valence-corrected chi connectivity index (χ2v) is 35.3. The van der Waals surface area contributed by atoms with Gasteiger partial charge in [0.15, 0.2) is 17.5 Å². The number of halogens is 4. The molecule has 3 aliphatic heterocycles. The summed E-state index contributed by atoms with van der Waals surface area (Å²) in [5.74, 6) is -28.8. The fraction of sp³-hybridized carbons (Fsp3) is 0.462. The van der Waals surface area contributed by atoms with E-state index in [0.29, 0.717) is 52.3 Å². The summed E-state index contributed by atoms with van der Waals surface area (Å²) in [7, 11) is 3.52. The maximum atomic E-state index is 15.7. The van der Waals surface area contributed by atoms with Crippen LogP contribution in [0.2, 0.25) is 0 Å². The van der Waals surface area contributed by atoms with Gasteiger partial charge in [-0.1, -0.05) is 106 Å². The fourth-order valence-corrected chi connectivity index (χ4v) is 17.3. The molecular weight excluding hydrogens is 1800 g/mol. The van der Waals surface area contributed by atoms with E-state index in [1.54, 1.807) is 67.7 Å². The third kappa shape index (κ3) is 29.5. The van der Waals surface area contributed by atoms with Crippen LogP contribution in [0.1, 0.15) is 132 Å². The molecule has 0 unspecified atom stereocenters. The molecule has 732 valence electrons. The first-order valence-corrected chi connectivity index (χ1v) is 45.7. The van der Waals surface area contributed by atoms with Gasteiger partial charge in [-0.25, -0.2) is 17.6 Å². The molecule has 1 aromatic heterocycles. The first-order valence-electron chi connectivity index (χ1n) is 44.5. The number of likely N-dealkylation sites (N-methyl/N-ethyl adjacent to an activating group) is 3. The van der Waals surface area contributed by atoms with Crippen molar-refractivity contribution in [1.82, 2.24) is 77.3 Å². The van der Waals surface area contributed by atoms with Crippen molar-refractivity contribution >= 4 is 129 Å². The number of piperidine rings is 1. The van der Waals surface area contributed by atoms with E-state index < -0.39 is 289 Å². The monoisotopic (exact) mass is 1910 g/mol. The smallest absolute Gasteiger partial charge is 0.305 e. The summed E-state index contributed by atoms with van der Waals surface area (Å²) >= 11 is 0.569. The fourth-order valence-electron chi connectivity index (χ4n) is 16.5. The summed E-state index contributed by atoms with van der Waals surface area (Å²) in [5.41, 5.74) is 12.5. The van der Waals surface area contributed by atoms with Crippen LogP contribution in [-0.2, 0) is 118 Å². The molecule has 0 aliphatic carbocycles. The van der Waals surface area contributed by atoms with E-state index in [1.807, 2.05) is 0 Å². The number of amides is 16. The minimum atomic E-state index is -2.00. The number of aromatic amines is 1. The molecule has 0 bridgehead atoms. The quantitative estimate of drug-likeness (QED) is 0.0285. The zero-order valence-electron chi connectivity index (χ0n) is 75.9. The number of nitrogens with two attached hydrogens (primary N) is 2. The van der Waals surface area contributed by atoms with Crippen LogP contribution < -0.4 is 59.3 Å². The Labute approximate surface area is 784 Å². The number of unbranched alkanes of at least 4 members (excludes halogenated alkanes) is 1. The molecule has 3 aliphatic rings. The predicted octanol–water partition coefficient (Wildman–Crippen LogP) is 1.47. The molecule has 0 spiro atoms. The van der Waals surface area contributed by atoms with Gasteiger partial charge in [0.1, 0.15) is 90.1 Å². The normalized spacial score (nSPS) is 23.3. The van der Waals surface area contributed by atoms with Gasteiger partial charge in [-0.15, -0.1) is 11.8 Å². The zero-order valence-corrected chi connectivity index (χ0v) is 76.7. The standard InChI is InChI=1S/C93H115F4N17O21S/c1-7-8-21-71-92(134)114-37-16-23-70(114)87(129)107-66(45-78(121)122)85(127)109-80(50(2)3)93(135)111(5)72(42-51-17-10-9-11-18-51)88(130)104-63(33-35-77(119)120)90(132)113-36-15-14-22-69(113)86(128)106-65(44-55-46-100-61-20-13-12-19-58(55)61)84(126)105-64(40-52-26-30-57(115)31-27-52)83(125)103-62(32-34-74(98)116)82(124)108-68(81(123)101-47-75(99)117)48-136-49-76(118)102-67(41-54-38-59(95)79(97)60(96)39-54)89(131)112(6)73(91(133)110(71)4)43-53-24-28-56(94)29-25-53/h9-13,17-20,24-31,38-39,46,50,62-73,80,100,115H,7-8,14-16,21-23,32-37,40-45,47-49H2,1-6H3,(H2,98,116)(H2,99,117)(H,101,123)(H,102,118)(H,103,125)(H,104,130)(H,105,126)(H,106,128)(H,107,129)(H,108,124)(H,109,127)(H,119,120)(H,121,122)/t62-,63-,64-,65+,66-,67-,68-,69+,70+,71-,72-,73-,80+/m0/s1. The van der Waals surface area contributed by atoms with Gasteiger partial charge < -0.3 is 104 Å². The lowest BCUT2D eigenvalue weighted by molar-refractivity contribution is -0.152. The average molecular weight is 1920 g/mol. The van der Waals surface area contributed by atoms with Crippen molar-refractivity contribution in [2.24, 2.45) is 17.4 Å². The van der Waals surface area contributed by atoms with Crippen LogP contribution >= 0.6 is 11.8 Å². The second kappa shape index (κ2) is 49.8. The Morgan fingerprint density at radius 3 is 1.65 bits per heavy atom. The van der Waals surface area contributed by atoms with Crippen molar-refractivity contribution in [2.45, 2.75) is 215 Å². The van der Waals surface area contributed by atoms with Crippen LogP contribution in [-0.4, -0.2) is 282 Å². The molecular formula is C93H115F4N17O21S. The number of hydrogen-bond acceptors (Lipinski definition) is 20. The SMILES string of the molecule is CCCC[C@H]1C(=O)N2CCC[C@@H]2C(=O)N[C@@H](CC(=O)O)C(=O)N[C@H](C(C)C)C(=O)N(C)[C@@H](Cc2ccccc2)C(=O)N[C@@H](CCC(=O)O)C(=O)N2CCCC[C@@H]2C(=O)N[C@H](Cc2c[nH]c3ccccc23)C(=O)N[C@@H](Cc2ccc(O)cc2)C(=O)N[C@@H](CCC(N)=O)C(=O)N[C@H](C(=O)NCC(N)=O)CSCC(=O)N[C@@H](Cc2cc(F)c(F)c(F)c2)C(=O)N(C)[C@@H](Cc2ccc(F)cc2)C(=O)N1C. The largest absolute Gasteiger partial charge is 0.508 e. The number of carbonyl (C=O) groups excluding carboxylic acids is 16. The minimum absolute atomic E-state index is 0.0919. The molecule has 5 aromatic carbocycles. The van der Waals surface area contributed by atoms with Gasteiger partial charge in [0.05, 0.1) is 18.7 Å². The Balaban J connectivity index is 1.15. The van der Waals surface area contributed by atoms with Crippen molar-refractivity contribution in [1.29, 1.82) is 0 Å². The summed E-state index contributed by atoms with van der Waals surface area (Å²) in [4.78, 5) is 271. The molecule has 3 fully saturated rings. The number of aromatic hydroxyl groups is 1. The van der Waals surface area contributed by atoms with Gasteiger partial charge in [-0.2, -0.15) is 0 Å². The molecule has 9 rings (SSSR count). The number of aliphatic carboxylic acids is 2. The van der Waals surface area contributed by atoms with E-state index in [4.69, 9.17) is 11.5 Å². The van der Waals surface area contributed by atoms with E-state index in [1.165, 1.54) is 64.3 Å². The predicted molar refractivity (Wildman–Crippen MR) is 485 cm³/mol. The third-order valence-electron chi connectivity index (χ3n) is 24.0. The molecule has 38 nitrogen and oxygen atoms in total. The highest BCUT2D eigenvalue weighted by atomic mass is 32.2. The first kappa shape index (κ1) is 106. The number of carbonyl (C=O) groups is 18. The minimum Gasteiger partial charge on any atom is -0.508 e. The van der Waals surface area contributed by atoms with Crippen LogP contribution in [0.15, 0.2) is 121 Å². The van der Waals surface area contributed by atoms with Crippen LogP contribution in [0.25, 0.3) is 10.9 Å². The highest BCUT2D eigenvalue weighted by Gasteiger charge is 2.46. The van der Waals surface area contributed by atoms with Gasteiger partial charge in [-0.05, 0) is 128 Å². The molecule has 13 atom stereocenters. The van der Waals surface area contributed by atoms with Gasteiger partial charge in [0.25, 0.3) is 0 Å². The van der Waals surface area contributed by atoms with E-state index in [9.17, 15) is 67.3 Å². The van der Waals surface area contributed by atoms with Gasteiger partial charge >= 0.3 is 11.9 Å². The molecule has 136 heavy (non-hydrogen) atoms. The Morgan fingerprint density at radius 1 is 0.493 bits per heavy atom. The number of benzene rings is 5. The number of nitrogens with one attached hydrogen (secondary N) is 10. The van der Waals surface area contributed by atoms with Gasteiger partial charge in [0, 0.05) is 102 Å². The summed E-state index contributed by atoms with van der Waals surface area (Å²) < 4.78 is 59.8. The van der Waals surface area contributed by atoms with Crippen molar-refractivity contribution in [3.8, 4) is 5.75 Å². The maximum absolute atomic E-state index is 15.7. The molecule has 0 saturated carbocycles. The number of primary amides is 2. The van der Waals surface area contributed by atoms with Crippen LogP contribution in [0, 0.1) is 29.2 Å². The number of hydrogen-bond donors (Lipinski definition) is 15. The number of rotatable bonds is 25. The Hall–Kier alpha value is -14.0. The lowest BCUT2D eigenvalue weighted by Gasteiger charge is -2.38. The average Bonchev–Trinajstić information content (AvgIpc) is 1.47. The van der Waals surface area contributed by atoms with Gasteiger partial charge in [0.2, 0.25) is 94.5 Å². The Kier molecular flexibility index (Phi) is 38.7. The number of carboxylic acids is 2. The summed E-state index contributed by atoms with van der Waals surface area (Å²) in [5, 5.41) is 54.3. The molecule has 0 radical (unpaired) electrons. The maximum Gasteiger partial charge on any atom is 0.305 e. The number of H-pyrrole nitrogens is 1.